The maximum absolute atomic E-state index is 10.9. The first-order chi connectivity index (χ1) is 8.93. The molecule has 0 amide bonds. The van der Waals surface area contributed by atoms with Crippen molar-refractivity contribution in [3.8, 4) is 5.69 Å². The zero-order chi connectivity index (χ0) is 14.2. The van der Waals surface area contributed by atoms with Crippen LogP contribution in [0, 0.1) is 6.92 Å². The molecule has 0 fully saturated rings. The minimum absolute atomic E-state index is 0.222. The second kappa shape index (κ2) is 5.30. The summed E-state index contributed by atoms with van der Waals surface area (Å²) < 4.78 is 2.28. The third-order valence-corrected chi connectivity index (χ3v) is 3.68. The van der Waals surface area contributed by atoms with Gasteiger partial charge in [-0.1, -0.05) is 18.5 Å². The first kappa shape index (κ1) is 14.0. The van der Waals surface area contributed by atoms with Crippen LogP contribution in [0.25, 0.3) is 5.69 Å². The van der Waals surface area contributed by atoms with Crippen molar-refractivity contribution in [1.82, 2.24) is 14.8 Å². The lowest BCUT2D eigenvalue weighted by Gasteiger charge is -2.09. The molecule has 7 heteroatoms. The number of carbonyl (C=O) groups is 1. The highest BCUT2D eigenvalue weighted by Crippen LogP contribution is 2.28. The first-order valence-corrected chi connectivity index (χ1v) is 6.76. The molecule has 2 rings (SSSR count). The molecule has 0 bridgehead atoms. The van der Waals surface area contributed by atoms with Gasteiger partial charge in [-0.05, 0) is 40.5 Å². The van der Waals surface area contributed by atoms with Crippen LogP contribution < -0.4 is 0 Å². The van der Waals surface area contributed by atoms with Crippen LogP contribution in [-0.2, 0) is 6.42 Å². The highest BCUT2D eigenvalue weighted by molar-refractivity contribution is 9.10. The summed E-state index contributed by atoms with van der Waals surface area (Å²) in [6.07, 6.45) is 0.568. The number of carboxylic acid groups (broad SMARTS) is 1. The van der Waals surface area contributed by atoms with Gasteiger partial charge < -0.3 is 5.11 Å². The predicted molar refractivity (Wildman–Crippen MR) is 75.1 cm³/mol. The predicted octanol–water partition coefficient (Wildman–Crippen LogP) is 3.25. The molecule has 0 spiro atoms. The molecule has 2 aromatic rings. The van der Waals surface area contributed by atoms with Gasteiger partial charge in [-0.15, -0.1) is 5.10 Å². The fourth-order valence-electron chi connectivity index (χ4n) is 1.65. The molecule has 0 saturated carbocycles. The number of nitrogens with zero attached hydrogens (tertiary/aromatic N) is 3. The Morgan fingerprint density at radius 2 is 2.21 bits per heavy atom. The van der Waals surface area contributed by atoms with Crippen molar-refractivity contribution in [2.75, 3.05) is 0 Å². The Morgan fingerprint density at radius 3 is 2.79 bits per heavy atom. The minimum atomic E-state index is -1.15. The SMILES string of the molecule is CCc1nc(C(=O)O)nn1-c1cc(Cl)c(C)cc1Br. The van der Waals surface area contributed by atoms with E-state index in [2.05, 4.69) is 26.0 Å². The number of aryl methyl sites for hydroxylation is 2. The van der Waals surface area contributed by atoms with Gasteiger partial charge in [-0.3, -0.25) is 0 Å². The van der Waals surface area contributed by atoms with Crippen molar-refractivity contribution in [2.24, 2.45) is 0 Å². The molecule has 0 saturated heterocycles. The maximum Gasteiger partial charge on any atom is 0.375 e. The number of rotatable bonds is 3. The topological polar surface area (TPSA) is 68.0 Å². The molecule has 0 aliphatic carbocycles. The Kier molecular flexibility index (Phi) is 3.91. The number of aromatic carboxylic acids is 1. The van der Waals surface area contributed by atoms with E-state index >= 15 is 0 Å². The summed E-state index contributed by atoms with van der Waals surface area (Å²) in [5.74, 6) is -0.804. The fraction of sp³-hybridized carbons (Fsp3) is 0.250. The monoisotopic (exact) mass is 343 g/mol. The molecule has 1 heterocycles. The van der Waals surface area contributed by atoms with Crippen LogP contribution in [0.1, 0.15) is 28.9 Å². The van der Waals surface area contributed by atoms with Gasteiger partial charge in [0, 0.05) is 15.9 Å². The Morgan fingerprint density at radius 1 is 1.53 bits per heavy atom. The average molecular weight is 345 g/mol. The van der Waals surface area contributed by atoms with E-state index in [1.54, 1.807) is 6.07 Å². The van der Waals surface area contributed by atoms with Crippen molar-refractivity contribution in [1.29, 1.82) is 0 Å². The molecule has 0 unspecified atom stereocenters. The van der Waals surface area contributed by atoms with E-state index in [4.69, 9.17) is 16.7 Å². The largest absolute Gasteiger partial charge is 0.475 e. The molecule has 100 valence electrons. The van der Waals surface area contributed by atoms with E-state index < -0.39 is 5.97 Å². The minimum Gasteiger partial charge on any atom is -0.475 e. The van der Waals surface area contributed by atoms with Gasteiger partial charge in [0.1, 0.15) is 5.82 Å². The molecule has 0 aliphatic rings. The summed E-state index contributed by atoms with van der Waals surface area (Å²) in [5, 5.41) is 13.5. The van der Waals surface area contributed by atoms with Crippen LogP contribution in [0.5, 0.6) is 0 Å². The van der Waals surface area contributed by atoms with Gasteiger partial charge in [0.15, 0.2) is 0 Å². The quantitative estimate of drug-likeness (QED) is 0.928. The van der Waals surface area contributed by atoms with Gasteiger partial charge in [0.25, 0.3) is 5.82 Å². The van der Waals surface area contributed by atoms with Crippen molar-refractivity contribution < 1.29 is 9.90 Å². The van der Waals surface area contributed by atoms with Gasteiger partial charge >= 0.3 is 5.97 Å². The van der Waals surface area contributed by atoms with E-state index in [-0.39, 0.29) is 5.82 Å². The van der Waals surface area contributed by atoms with Crippen LogP contribution >= 0.6 is 27.5 Å². The highest BCUT2D eigenvalue weighted by atomic mass is 79.9. The maximum atomic E-state index is 10.9. The Balaban J connectivity index is 2.64. The lowest BCUT2D eigenvalue weighted by atomic mass is 10.2. The molecule has 0 aliphatic heterocycles. The highest BCUT2D eigenvalue weighted by Gasteiger charge is 2.17. The van der Waals surface area contributed by atoms with Crippen molar-refractivity contribution in [3.05, 3.63) is 38.8 Å². The second-order valence-corrected chi connectivity index (χ2v) is 5.24. The van der Waals surface area contributed by atoms with Crippen LogP contribution in [0.3, 0.4) is 0 Å². The molecule has 5 nitrogen and oxygen atoms in total. The second-order valence-electron chi connectivity index (χ2n) is 3.97. The number of halogens is 2. The lowest BCUT2D eigenvalue weighted by molar-refractivity contribution is 0.0683. The molecule has 19 heavy (non-hydrogen) atoms. The number of benzene rings is 1. The van der Waals surface area contributed by atoms with Gasteiger partial charge in [0.05, 0.1) is 5.69 Å². The zero-order valence-corrected chi connectivity index (χ0v) is 12.7. The summed E-state index contributed by atoms with van der Waals surface area (Å²) in [6, 6.07) is 3.60. The summed E-state index contributed by atoms with van der Waals surface area (Å²) in [4.78, 5) is 14.9. The van der Waals surface area contributed by atoms with E-state index in [0.717, 1.165) is 10.0 Å². The molecule has 1 N–H and O–H groups in total. The molecule has 1 aromatic heterocycles. The van der Waals surface area contributed by atoms with E-state index in [9.17, 15) is 4.79 Å². The molecule has 0 atom stereocenters. The van der Waals surface area contributed by atoms with Gasteiger partial charge in [-0.25, -0.2) is 14.5 Å². The summed E-state index contributed by atoms with van der Waals surface area (Å²) >= 11 is 9.53. The standard InChI is InChI=1S/C12H11BrClN3O2/c1-3-10-15-11(12(18)19)16-17(10)9-5-8(14)6(2)4-7(9)13/h4-5H,3H2,1-2H3,(H,18,19). The molecule has 0 radical (unpaired) electrons. The van der Waals surface area contributed by atoms with Gasteiger partial charge in [-0.2, -0.15) is 0 Å². The van der Waals surface area contributed by atoms with E-state index in [1.807, 2.05) is 19.9 Å². The van der Waals surface area contributed by atoms with Crippen molar-refractivity contribution in [3.63, 3.8) is 0 Å². The Bertz CT molecular complexity index is 655. The van der Waals surface area contributed by atoms with Crippen LogP contribution in [0.15, 0.2) is 16.6 Å². The summed E-state index contributed by atoms with van der Waals surface area (Å²) in [7, 11) is 0. The zero-order valence-electron chi connectivity index (χ0n) is 10.3. The average Bonchev–Trinajstić information content (AvgIpc) is 2.77. The van der Waals surface area contributed by atoms with Gasteiger partial charge in [0.2, 0.25) is 0 Å². The third-order valence-electron chi connectivity index (χ3n) is 2.64. The summed E-state index contributed by atoms with van der Waals surface area (Å²) in [5.41, 5.74) is 1.60. The van der Waals surface area contributed by atoms with E-state index in [1.165, 1.54) is 4.68 Å². The number of aromatic nitrogens is 3. The lowest BCUT2D eigenvalue weighted by Crippen LogP contribution is -2.04. The smallest absolute Gasteiger partial charge is 0.375 e. The number of hydrogen-bond acceptors (Lipinski definition) is 3. The first-order valence-electron chi connectivity index (χ1n) is 5.59. The molecule has 1 aromatic carbocycles. The number of carboxylic acids is 1. The van der Waals surface area contributed by atoms with Crippen molar-refractivity contribution in [2.45, 2.75) is 20.3 Å². The van der Waals surface area contributed by atoms with Crippen LogP contribution in [0.2, 0.25) is 5.02 Å². The fourth-order valence-corrected chi connectivity index (χ4v) is 2.44. The third kappa shape index (κ3) is 2.64. The van der Waals surface area contributed by atoms with Crippen molar-refractivity contribution >= 4 is 33.5 Å². The van der Waals surface area contributed by atoms with Crippen LogP contribution in [-0.4, -0.2) is 25.8 Å². The number of hydrogen-bond donors (Lipinski definition) is 1. The van der Waals surface area contributed by atoms with Crippen LogP contribution in [0.4, 0.5) is 0 Å². The normalized spacial score (nSPS) is 10.7. The molecular formula is C12H11BrClN3O2. The van der Waals surface area contributed by atoms with E-state index in [0.29, 0.717) is 23.0 Å². The molecular weight excluding hydrogens is 334 g/mol. The summed E-state index contributed by atoms with van der Waals surface area (Å²) in [6.45, 7) is 3.78. The Labute approximate surface area is 123 Å². The Hall–Kier alpha value is -1.40.